The van der Waals surface area contributed by atoms with Gasteiger partial charge in [0.1, 0.15) is 18.5 Å². The molecule has 2 aromatic rings. The Labute approximate surface area is 113 Å². The normalized spacial score (nSPS) is 12.5. The van der Waals surface area contributed by atoms with Crippen LogP contribution in [0.3, 0.4) is 0 Å². The monoisotopic (exact) mass is 260 g/mol. The molecule has 1 heterocycles. The van der Waals surface area contributed by atoms with Crippen LogP contribution in [0.4, 0.5) is 0 Å². The number of H-pyrrole nitrogens is 1. The molecule has 0 saturated carbocycles. The predicted molar refractivity (Wildman–Crippen MR) is 77.6 cm³/mol. The lowest BCUT2D eigenvalue weighted by molar-refractivity contribution is 0.108. The van der Waals surface area contributed by atoms with E-state index in [-0.39, 0.29) is 6.61 Å². The molecule has 1 atom stereocenters. The second kappa shape index (κ2) is 6.41. The Balaban J connectivity index is 1.95. The van der Waals surface area contributed by atoms with Gasteiger partial charge in [0.25, 0.3) is 0 Å². The minimum absolute atomic E-state index is 0.271. The van der Waals surface area contributed by atoms with Crippen LogP contribution in [0.25, 0.3) is 10.9 Å². The van der Waals surface area contributed by atoms with Gasteiger partial charge in [-0.05, 0) is 25.1 Å². The molecule has 0 aliphatic carbocycles. The van der Waals surface area contributed by atoms with Gasteiger partial charge in [0.05, 0.1) is 0 Å². The Bertz CT molecular complexity index is 548. The molecule has 102 valence electrons. The fraction of sp³-hybridized carbons (Fsp3) is 0.333. The number of fused-ring (bicyclic) bond motifs is 1. The van der Waals surface area contributed by atoms with Gasteiger partial charge in [-0.15, -0.1) is 6.58 Å². The van der Waals surface area contributed by atoms with Crippen molar-refractivity contribution in [2.45, 2.75) is 13.0 Å². The molecule has 0 aliphatic heterocycles. The molecule has 0 unspecified atom stereocenters. The van der Waals surface area contributed by atoms with Gasteiger partial charge >= 0.3 is 0 Å². The number of hydrogen-bond donors (Lipinski definition) is 3. The fourth-order valence-corrected chi connectivity index (χ4v) is 1.99. The third kappa shape index (κ3) is 3.59. The van der Waals surface area contributed by atoms with E-state index < -0.39 is 6.10 Å². The van der Waals surface area contributed by atoms with Crippen LogP contribution >= 0.6 is 0 Å². The van der Waals surface area contributed by atoms with Crippen molar-refractivity contribution in [3.05, 3.63) is 42.6 Å². The van der Waals surface area contributed by atoms with Crippen LogP contribution in [0.5, 0.6) is 5.75 Å². The largest absolute Gasteiger partial charge is 0.490 e. The van der Waals surface area contributed by atoms with Gasteiger partial charge in [-0.3, -0.25) is 0 Å². The van der Waals surface area contributed by atoms with Crippen molar-refractivity contribution in [2.75, 3.05) is 19.7 Å². The first-order valence-corrected chi connectivity index (χ1v) is 6.41. The van der Waals surface area contributed by atoms with E-state index in [0.29, 0.717) is 13.1 Å². The number of benzene rings is 1. The summed E-state index contributed by atoms with van der Waals surface area (Å²) in [6, 6.07) is 7.92. The summed E-state index contributed by atoms with van der Waals surface area (Å²) in [5, 5.41) is 13.9. The number of ether oxygens (including phenoxy) is 1. The second-order valence-corrected chi connectivity index (χ2v) is 4.58. The van der Waals surface area contributed by atoms with Crippen LogP contribution in [-0.2, 0) is 0 Å². The maximum atomic E-state index is 9.78. The fourth-order valence-electron chi connectivity index (χ4n) is 1.99. The van der Waals surface area contributed by atoms with E-state index in [0.717, 1.165) is 22.3 Å². The van der Waals surface area contributed by atoms with Crippen molar-refractivity contribution in [3.63, 3.8) is 0 Å². The molecule has 19 heavy (non-hydrogen) atoms. The summed E-state index contributed by atoms with van der Waals surface area (Å²) in [5.41, 5.74) is 2.15. The third-order valence-electron chi connectivity index (χ3n) is 2.86. The highest BCUT2D eigenvalue weighted by molar-refractivity contribution is 5.86. The molecule has 0 fully saturated rings. The van der Waals surface area contributed by atoms with Crippen LogP contribution in [0.1, 0.15) is 5.69 Å². The van der Waals surface area contributed by atoms with Gasteiger partial charge in [-0.25, -0.2) is 0 Å². The van der Waals surface area contributed by atoms with Crippen molar-refractivity contribution in [3.8, 4) is 5.75 Å². The molecule has 0 aliphatic rings. The van der Waals surface area contributed by atoms with Crippen LogP contribution < -0.4 is 10.1 Å². The molecule has 0 amide bonds. The maximum absolute atomic E-state index is 9.78. The van der Waals surface area contributed by atoms with Crippen LogP contribution in [0.2, 0.25) is 0 Å². The van der Waals surface area contributed by atoms with Gasteiger partial charge in [0.2, 0.25) is 0 Å². The molecule has 4 heteroatoms. The number of rotatable bonds is 7. The zero-order valence-electron chi connectivity index (χ0n) is 11.1. The first kappa shape index (κ1) is 13.6. The smallest absolute Gasteiger partial charge is 0.128 e. The minimum Gasteiger partial charge on any atom is -0.490 e. The highest BCUT2D eigenvalue weighted by Gasteiger charge is 2.08. The molecule has 2 rings (SSSR count). The lowest BCUT2D eigenvalue weighted by atomic mass is 10.2. The van der Waals surface area contributed by atoms with Gasteiger partial charge in [0, 0.05) is 29.7 Å². The number of aryl methyl sites for hydroxylation is 1. The SMILES string of the molecule is C=CCNC[C@@H](O)COc1cccc2[nH]c(C)cc12. The number of hydrogen-bond acceptors (Lipinski definition) is 3. The predicted octanol–water partition coefficient (Wildman–Crippen LogP) is 1.99. The minimum atomic E-state index is -0.532. The first-order chi connectivity index (χ1) is 9.20. The average Bonchev–Trinajstić information content (AvgIpc) is 2.77. The molecule has 0 spiro atoms. The van der Waals surface area contributed by atoms with Crippen LogP contribution in [0.15, 0.2) is 36.9 Å². The summed E-state index contributed by atoms with van der Waals surface area (Å²) >= 11 is 0. The number of nitrogens with one attached hydrogen (secondary N) is 2. The highest BCUT2D eigenvalue weighted by Crippen LogP contribution is 2.26. The topological polar surface area (TPSA) is 57.3 Å². The second-order valence-electron chi connectivity index (χ2n) is 4.58. The summed E-state index contributed by atoms with van der Waals surface area (Å²) < 4.78 is 5.69. The molecule has 1 aromatic carbocycles. The van der Waals surface area contributed by atoms with E-state index >= 15 is 0 Å². The van der Waals surface area contributed by atoms with Gasteiger partial charge in [-0.1, -0.05) is 12.1 Å². The summed E-state index contributed by atoms with van der Waals surface area (Å²) in [5.74, 6) is 0.796. The van der Waals surface area contributed by atoms with Crippen molar-refractivity contribution in [2.24, 2.45) is 0 Å². The van der Waals surface area contributed by atoms with Crippen molar-refractivity contribution in [1.82, 2.24) is 10.3 Å². The molecule has 4 nitrogen and oxygen atoms in total. The van der Waals surface area contributed by atoms with E-state index in [4.69, 9.17) is 4.74 Å². The van der Waals surface area contributed by atoms with Crippen LogP contribution in [-0.4, -0.2) is 35.9 Å². The van der Waals surface area contributed by atoms with E-state index in [1.807, 2.05) is 31.2 Å². The Morgan fingerprint density at radius 3 is 3.16 bits per heavy atom. The van der Waals surface area contributed by atoms with E-state index in [1.165, 1.54) is 0 Å². The van der Waals surface area contributed by atoms with Gasteiger partial charge in [-0.2, -0.15) is 0 Å². The number of aromatic amines is 1. The Morgan fingerprint density at radius 2 is 2.37 bits per heavy atom. The lowest BCUT2D eigenvalue weighted by Crippen LogP contribution is -2.31. The molecule has 1 aromatic heterocycles. The third-order valence-corrected chi connectivity index (χ3v) is 2.86. The van der Waals surface area contributed by atoms with E-state index in [9.17, 15) is 5.11 Å². The summed E-state index contributed by atoms with van der Waals surface area (Å²) in [6.07, 6.45) is 1.23. The molecule has 0 saturated heterocycles. The first-order valence-electron chi connectivity index (χ1n) is 6.41. The standard InChI is InChI=1S/C15H20N2O2/c1-3-7-16-9-12(18)10-19-15-6-4-5-14-13(15)8-11(2)17-14/h3-6,8,12,16-18H,1,7,9-10H2,2H3/t12-/m1/s1. The maximum Gasteiger partial charge on any atom is 0.128 e. The number of aliphatic hydroxyl groups excluding tert-OH is 1. The Morgan fingerprint density at radius 1 is 1.53 bits per heavy atom. The molecular weight excluding hydrogens is 240 g/mol. The van der Waals surface area contributed by atoms with Crippen LogP contribution in [0, 0.1) is 6.92 Å². The molecule has 0 bridgehead atoms. The van der Waals surface area contributed by atoms with Gasteiger partial charge in [0.15, 0.2) is 0 Å². The van der Waals surface area contributed by atoms with E-state index in [2.05, 4.69) is 16.9 Å². The summed E-state index contributed by atoms with van der Waals surface area (Å²) in [7, 11) is 0. The number of aromatic nitrogens is 1. The van der Waals surface area contributed by atoms with E-state index in [1.54, 1.807) is 6.08 Å². The Hall–Kier alpha value is -1.78. The Kier molecular flexibility index (Phi) is 4.60. The molecule has 3 N–H and O–H groups in total. The summed E-state index contributed by atoms with van der Waals surface area (Å²) in [6.45, 7) is 7.07. The summed E-state index contributed by atoms with van der Waals surface area (Å²) in [4.78, 5) is 3.26. The highest BCUT2D eigenvalue weighted by atomic mass is 16.5. The van der Waals surface area contributed by atoms with Crippen molar-refractivity contribution >= 4 is 10.9 Å². The van der Waals surface area contributed by atoms with Gasteiger partial charge < -0.3 is 20.1 Å². The molecule has 0 radical (unpaired) electrons. The quantitative estimate of drug-likeness (QED) is 0.527. The van der Waals surface area contributed by atoms with Crippen molar-refractivity contribution < 1.29 is 9.84 Å². The van der Waals surface area contributed by atoms with Crippen molar-refractivity contribution in [1.29, 1.82) is 0 Å². The lowest BCUT2D eigenvalue weighted by Gasteiger charge is -2.13. The average molecular weight is 260 g/mol. The zero-order chi connectivity index (χ0) is 13.7. The molecular formula is C15H20N2O2. The number of aliphatic hydroxyl groups is 1. The zero-order valence-corrected chi connectivity index (χ0v) is 11.1.